The third kappa shape index (κ3) is 8.81. The molecule has 3 rings (SSSR count). The number of alkyl halides is 3. The van der Waals surface area contributed by atoms with Crippen molar-refractivity contribution < 1.29 is 37.4 Å². The van der Waals surface area contributed by atoms with Crippen LogP contribution in [0.15, 0.2) is 54.1 Å². The predicted octanol–water partition coefficient (Wildman–Crippen LogP) is 5.10. The zero-order valence-corrected chi connectivity index (χ0v) is 23.9. The van der Waals surface area contributed by atoms with Gasteiger partial charge in [0.2, 0.25) is 11.8 Å². The fourth-order valence-corrected chi connectivity index (χ4v) is 5.17. The Morgan fingerprint density at radius 1 is 1.20 bits per heavy atom. The number of ketones is 1. The summed E-state index contributed by atoms with van der Waals surface area (Å²) in [4.78, 5) is 40.5. The molecule has 1 aliphatic rings. The normalized spacial score (nSPS) is 18.0. The molecule has 2 N–H and O–H groups in total. The van der Waals surface area contributed by atoms with E-state index in [2.05, 4.69) is 5.32 Å². The highest BCUT2D eigenvalue weighted by atomic mass is 35.5. The number of halogens is 4. The lowest BCUT2D eigenvalue weighted by atomic mass is 9.83. The van der Waals surface area contributed by atoms with Crippen molar-refractivity contribution >= 4 is 29.2 Å². The van der Waals surface area contributed by atoms with Gasteiger partial charge < -0.3 is 20.1 Å². The summed E-state index contributed by atoms with van der Waals surface area (Å²) in [6, 6.07) is 11.1. The summed E-state index contributed by atoms with van der Waals surface area (Å²) in [6.07, 6.45) is -2.25. The van der Waals surface area contributed by atoms with Gasteiger partial charge in [-0.1, -0.05) is 48.4 Å². The Bertz CT molecular complexity index is 1300. The van der Waals surface area contributed by atoms with Gasteiger partial charge in [-0.2, -0.15) is 13.2 Å². The fraction of sp³-hybridized carbons (Fsp3) is 0.433. The number of Topliss-reactive ketones (excluding diaryl/α,β-unsaturated/α-hetero) is 1. The van der Waals surface area contributed by atoms with Crippen LogP contribution < -0.4 is 10.1 Å². The maximum absolute atomic E-state index is 13.7. The first-order valence-corrected chi connectivity index (χ1v) is 13.7. The van der Waals surface area contributed by atoms with Crippen molar-refractivity contribution in [2.24, 2.45) is 5.92 Å². The molecule has 0 saturated carbocycles. The van der Waals surface area contributed by atoms with Crippen molar-refractivity contribution in [2.45, 2.75) is 51.7 Å². The van der Waals surface area contributed by atoms with Gasteiger partial charge in [0, 0.05) is 30.1 Å². The number of ether oxygens (including phenoxy) is 1. The summed E-state index contributed by atoms with van der Waals surface area (Å²) in [6.45, 7) is 3.86. The number of nitrogens with one attached hydrogen (secondary N) is 1. The molecule has 0 aromatic heterocycles. The van der Waals surface area contributed by atoms with Crippen LogP contribution in [0, 0.1) is 5.92 Å². The lowest BCUT2D eigenvalue weighted by molar-refractivity contribution is -0.153. The molecule has 222 valence electrons. The quantitative estimate of drug-likeness (QED) is 0.227. The van der Waals surface area contributed by atoms with Crippen molar-refractivity contribution in [2.75, 3.05) is 26.3 Å². The number of carbonyl (C=O) groups excluding carboxylic acids is 3. The van der Waals surface area contributed by atoms with E-state index < -0.39 is 24.6 Å². The highest BCUT2D eigenvalue weighted by Gasteiger charge is 2.32. The molecule has 2 amide bonds. The second kappa shape index (κ2) is 14.0. The van der Waals surface area contributed by atoms with Crippen molar-refractivity contribution in [3.8, 4) is 5.75 Å². The lowest BCUT2D eigenvalue weighted by Gasteiger charge is -2.26. The van der Waals surface area contributed by atoms with E-state index in [9.17, 15) is 32.7 Å². The maximum Gasteiger partial charge on any atom is 0.422 e. The zero-order valence-electron chi connectivity index (χ0n) is 23.1. The second-order valence-corrected chi connectivity index (χ2v) is 10.7. The smallest absolute Gasteiger partial charge is 0.422 e. The molecule has 2 aromatic rings. The van der Waals surface area contributed by atoms with Crippen LogP contribution in [0.2, 0.25) is 5.02 Å². The highest BCUT2D eigenvalue weighted by molar-refractivity contribution is 6.34. The molecule has 2 aromatic carbocycles. The molecule has 2 atom stereocenters. The van der Waals surface area contributed by atoms with E-state index in [1.165, 1.54) is 29.2 Å². The molecule has 7 nitrogen and oxygen atoms in total. The molecular formula is C30H34ClF3N2O5. The van der Waals surface area contributed by atoms with Gasteiger partial charge in [-0.05, 0) is 61.9 Å². The number of amides is 2. The fourth-order valence-electron chi connectivity index (χ4n) is 4.90. The molecular weight excluding hydrogens is 561 g/mol. The van der Waals surface area contributed by atoms with Gasteiger partial charge in [0.15, 0.2) is 12.4 Å². The minimum absolute atomic E-state index is 0.0134. The third-order valence-electron chi connectivity index (χ3n) is 6.99. The topological polar surface area (TPSA) is 95.9 Å². The van der Waals surface area contributed by atoms with Crippen LogP contribution in [-0.2, 0) is 16.0 Å². The summed E-state index contributed by atoms with van der Waals surface area (Å²) in [5, 5.41) is 11.8. The Morgan fingerprint density at radius 3 is 2.54 bits per heavy atom. The van der Waals surface area contributed by atoms with Crippen LogP contribution in [0.4, 0.5) is 13.2 Å². The van der Waals surface area contributed by atoms with E-state index in [1.807, 2.05) is 45.0 Å². The number of hydrogen-bond acceptors (Lipinski definition) is 5. The first-order chi connectivity index (χ1) is 19.3. The lowest BCUT2D eigenvalue weighted by Crippen LogP contribution is -2.44. The minimum atomic E-state index is -4.51. The summed E-state index contributed by atoms with van der Waals surface area (Å²) in [5.74, 6) is -1.92. The van der Waals surface area contributed by atoms with Gasteiger partial charge in [0.1, 0.15) is 5.75 Å². The second-order valence-electron chi connectivity index (χ2n) is 10.3. The zero-order chi connectivity index (χ0) is 30.3. The number of aliphatic hydroxyl groups excluding tert-OH is 1. The largest absolute Gasteiger partial charge is 0.484 e. The van der Waals surface area contributed by atoms with Crippen LogP contribution >= 0.6 is 11.6 Å². The van der Waals surface area contributed by atoms with Crippen molar-refractivity contribution in [3.05, 3.63) is 75.8 Å². The molecule has 0 saturated heterocycles. The summed E-state index contributed by atoms with van der Waals surface area (Å²) in [5.41, 5.74) is 2.60. The molecule has 0 radical (unpaired) electrons. The Labute approximate surface area is 242 Å². The average molecular weight is 595 g/mol. The van der Waals surface area contributed by atoms with Crippen LogP contribution in [-0.4, -0.2) is 66.1 Å². The molecule has 1 aliphatic carbocycles. The van der Waals surface area contributed by atoms with Crippen molar-refractivity contribution in [1.29, 1.82) is 0 Å². The maximum atomic E-state index is 13.7. The molecule has 0 fully saturated rings. The van der Waals surface area contributed by atoms with Gasteiger partial charge in [-0.15, -0.1) is 0 Å². The Balaban J connectivity index is 1.79. The molecule has 41 heavy (non-hydrogen) atoms. The van der Waals surface area contributed by atoms with Crippen molar-refractivity contribution in [1.82, 2.24) is 10.2 Å². The van der Waals surface area contributed by atoms with Gasteiger partial charge in [-0.3, -0.25) is 14.4 Å². The van der Waals surface area contributed by atoms with Gasteiger partial charge in [-0.25, -0.2) is 0 Å². The van der Waals surface area contributed by atoms with Crippen LogP contribution in [0.1, 0.15) is 54.6 Å². The number of nitrogens with zero attached hydrogens (tertiary/aromatic N) is 1. The van der Waals surface area contributed by atoms with Crippen LogP contribution in [0.25, 0.3) is 0 Å². The van der Waals surface area contributed by atoms with E-state index in [0.29, 0.717) is 12.8 Å². The predicted molar refractivity (Wildman–Crippen MR) is 149 cm³/mol. The molecule has 0 bridgehead atoms. The number of carbonyl (C=O) groups is 3. The number of aliphatic hydroxyl groups is 1. The Morgan fingerprint density at radius 2 is 1.90 bits per heavy atom. The van der Waals surface area contributed by atoms with E-state index >= 15 is 0 Å². The molecule has 11 heteroatoms. The number of hydrogen-bond donors (Lipinski definition) is 2. The molecule has 0 aliphatic heterocycles. The molecule has 0 spiro atoms. The number of benzene rings is 2. The van der Waals surface area contributed by atoms with Crippen LogP contribution in [0.3, 0.4) is 0 Å². The van der Waals surface area contributed by atoms with Gasteiger partial charge in [0.05, 0.1) is 18.2 Å². The summed E-state index contributed by atoms with van der Waals surface area (Å²) >= 11 is 6.33. The molecule has 1 unspecified atom stereocenters. The van der Waals surface area contributed by atoms with E-state index in [0.717, 1.165) is 16.7 Å². The SMILES string of the molecule is CC(C)N(CCO)C(=O)CNC(=O)/C=C1/Cc2ccccc2C(C(=O)c2ccc(OCC(F)(F)F)cc2Cl)C[C@H]1C. The Hall–Kier alpha value is -3.37. The third-order valence-corrected chi connectivity index (χ3v) is 7.30. The number of rotatable bonds is 10. The van der Waals surface area contributed by atoms with Crippen molar-refractivity contribution in [3.63, 3.8) is 0 Å². The van der Waals surface area contributed by atoms with Gasteiger partial charge in [0.25, 0.3) is 0 Å². The Kier molecular flexibility index (Phi) is 11.0. The monoisotopic (exact) mass is 594 g/mol. The van der Waals surface area contributed by atoms with E-state index in [-0.39, 0.29) is 59.7 Å². The summed E-state index contributed by atoms with van der Waals surface area (Å²) in [7, 11) is 0. The van der Waals surface area contributed by atoms with E-state index in [4.69, 9.17) is 16.3 Å². The number of allylic oxidation sites excluding steroid dienone is 1. The first kappa shape index (κ1) is 32.1. The molecule has 0 heterocycles. The van der Waals surface area contributed by atoms with E-state index in [1.54, 1.807) is 0 Å². The summed E-state index contributed by atoms with van der Waals surface area (Å²) < 4.78 is 42.3. The number of fused-ring (bicyclic) bond motifs is 1. The standard InChI is InChI=1S/C30H34ClF3N2O5/c1-18(2)36(10-11-37)28(39)16-35-27(38)14-21-13-20-6-4-5-7-23(20)25(12-19(21)3)29(40)24-9-8-22(15-26(24)31)41-17-30(32,33)34/h4-9,14-15,18-19,25,37H,10-13,16-17H2,1-3H3,(H,35,38)/b21-14-/t19-,25?/m1/s1. The first-order valence-electron chi connectivity index (χ1n) is 13.3. The van der Waals surface area contributed by atoms with Crippen LogP contribution in [0.5, 0.6) is 5.75 Å². The average Bonchev–Trinajstić information content (AvgIpc) is 3.04. The minimum Gasteiger partial charge on any atom is -0.484 e. The highest BCUT2D eigenvalue weighted by Crippen LogP contribution is 2.39. The van der Waals surface area contributed by atoms with Gasteiger partial charge >= 0.3 is 6.18 Å².